The average Bonchev–Trinajstić information content (AvgIpc) is 3.16. The van der Waals surface area contributed by atoms with Gasteiger partial charge in [-0.05, 0) is 50.7 Å². The summed E-state index contributed by atoms with van der Waals surface area (Å²) in [5.74, 6) is -1.48. The van der Waals surface area contributed by atoms with E-state index >= 15 is 0 Å². The highest BCUT2D eigenvalue weighted by molar-refractivity contribution is 7.09. The lowest BCUT2D eigenvalue weighted by atomic mass is 9.73. The maximum atomic E-state index is 13.1. The van der Waals surface area contributed by atoms with Crippen LogP contribution < -0.4 is 0 Å². The van der Waals surface area contributed by atoms with Gasteiger partial charge in [-0.25, -0.2) is 4.98 Å². The van der Waals surface area contributed by atoms with Crippen LogP contribution in [0.1, 0.15) is 77.4 Å². The highest BCUT2D eigenvalue weighted by atomic mass is 32.1. The van der Waals surface area contributed by atoms with Gasteiger partial charge in [0.15, 0.2) is 0 Å². The van der Waals surface area contributed by atoms with Crippen LogP contribution >= 0.6 is 11.3 Å². The summed E-state index contributed by atoms with van der Waals surface area (Å²) in [6.45, 7) is 10.8. The van der Waals surface area contributed by atoms with Crippen LogP contribution in [0, 0.1) is 24.2 Å². The highest BCUT2D eigenvalue weighted by Crippen LogP contribution is 2.32. The maximum absolute atomic E-state index is 13.1. The fourth-order valence-electron chi connectivity index (χ4n) is 4.18. The van der Waals surface area contributed by atoms with Crippen molar-refractivity contribution in [2.24, 2.45) is 17.3 Å². The van der Waals surface area contributed by atoms with Gasteiger partial charge >= 0.3 is 5.97 Å². The standard InChI is InChI=1S/C26H39NO5S/c1-16-11-9-7-8-10-12-21(17(2)13-20-15-33-19(4)27-20)32-23(29)14-22(28)26(5,6)25(31)18(3)24(16)30/h8,10,13,15-16,18,21-22,24,28,30H,7,9,11-12,14H2,1-6H3/b10-8-,17-13+/t16-,18-,21+,22+,24-/m0/s1. The van der Waals surface area contributed by atoms with Crippen molar-refractivity contribution in [3.8, 4) is 0 Å². The van der Waals surface area contributed by atoms with Gasteiger partial charge in [0, 0.05) is 17.7 Å². The summed E-state index contributed by atoms with van der Waals surface area (Å²) in [5, 5.41) is 24.4. The quantitative estimate of drug-likeness (QED) is 0.466. The first kappa shape index (κ1) is 27.4. The van der Waals surface area contributed by atoms with Gasteiger partial charge in [0.1, 0.15) is 11.9 Å². The number of esters is 1. The molecule has 1 aliphatic rings. The van der Waals surface area contributed by atoms with Crippen molar-refractivity contribution in [3.63, 3.8) is 0 Å². The minimum absolute atomic E-state index is 0.0392. The SMILES string of the molecule is C/C(=C\c1csc(C)n1)[C@H]1C/C=C\CCC[C@H](C)[C@H](O)[C@H](C)C(=O)C(C)(C)[C@H](O)CC(=O)O1. The van der Waals surface area contributed by atoms with Crippen molar-refractivity contribution < 1.29 is 24.5 Å². The second-order valence-corrected chi connectivity index (χ2v) is 10.9. The number of Topliss-reactive ketones (excluding diaryl/α,β-unsaturated/α-hetero) is 1. The zero-order valence-electron chi connectivity index (χ0n) is 20.7. The molecule has 0 bridgehead atoms. The Morgan fingerprint density at radius 3 is 2.58 bits per heavy atom. The predicted molar refractivity (Wildman–Crippen MR) is 132 cm³/mol. The van der Waals surface area contributed by atoms with Crippen molar-refractivity contribution in [3.05, 3.63) is 33.8 Å². The van der Waals surface area contributed by atoms with E-state index in [1.54, 1.807) is 32.1 Å². The lowest BCUT2D eigenvalue weighted by molar-refractivity contribution is -0.154. The molecular weight excluding hydrogens is 438 g/mol. The van der Waals surface area contributed by atoms with Crippen molar-refractivity contribution >= 4 is 29.2 Å². The van der Waals surface area contributed by atoms with Crippen LogP contribution in [0.4, 0.5) is 0 Å². The number of aryl methyl sites for hydroxylation is 1. The largest absolute Gasteiger partial charge is 0.457 e. The number of ketones is 1. The smallest absolute Gasteiger partial charge is 0.309 e. The fraction of sp³-hybridized carbons (Fsp3) is 0.654. The minimum atomic E-state index is -1.21. The molecule has 0 fully saturated rings. The van der Waals surface area contributed by atoms with Crippen LogP contribution in [0.15, 0.2) is 23.1 Å². The summed E-state index contributed by atoms with van der Waals surface area (Å²) in [7, 11) is 0. The van der Waals surface area contributed by atoms with Crippen molar-refractivity contribution in [2.75, 3.05) is 0 Å². The number of cyclic esters (lactones) is 1. The number of aromatic nitrogens is 1. The molecule has 184 valence electrons. The molecule has 1 aliphatic heterocycles. The number of thiazole rings is 1. The molecule has 0 radical (unpaired) electrons. The molecule has 0 saturated carbocycles. The summed E-state index contributed by atoms with van der Waals surface area (Å²) in [5.41, 5.74) is 0.513. The Labute approximate surface area is 201 Å². The van der Waals surface area contributed by atoms with Crippen LogP contribution in [0.5, 0.6) is 0 Å². The van der Waals surface area contributed by atoms with Gasteiger partial charge in [0.05, 0.1) is 34.7 Å². The Kier molecular flexibility index (Phi) is 10.0. The molecule has 5 atom stereocenters. The summed E-state index contributed by atoms with van der Waals surface area (Å²) in [6, 6.07) is 0. The van der Waals surface area contributed by atoms with Gasteiger partial charge in [0.25, 0.3) is 0 Å². The Morgan fingerprint density at radius 2 is 1.94 bits per heavy atom. The second kappa shape index (κ2) is 12.0. The van der Waals surface area contributed by atoms with Crippen LogP contribution in [0.2, 0.25) is 0 Å². The number of aliphatic hydroxyl groups is 2. The molecule has 33 heavy (non-hydrogen) atoms. The molecule has 0 spiro atoms. The van der Waals surface area contributed by atoms with E-state index in [4.69, 9.17) is 4.74 Å². The first-order chi connectivity index (χ1) is 15.4. The third kappa shape index (κ3) is 7.59. The average molecular weight is 478 g/mol. The summed E-state index contributed by atoms with van der Waals surface area (Å²) < 4.78 is 5.75. The first-order valence-electron chi connectivity index (χ1n) is 11.8. The van der Waals surface area contributed by atoms with Crippen molar-refractivity contribution in [1.82, 2.24) is 4.98 Å². The number of nitrogens with zero attached hydrogens (tertiary/aromatic N) is 1. The molecule has 2 heterocycles. The van der Waals surface area contributed by atoms with E-state index in [-0.39, 0.29) is 18.1 Å². The summed E-state index contributed by atoms with van der Waals surface area (Å²) in [6.07, 6.45) is 6.28. The first-order valence-corrected chi connectivity index (χ1v) is 12.7. The zero-order valence-corrected chi connectivity index (χ0v) is 21.5. The Bertz CT molecular complexity index is 872. The number of rotatable bonds is 2. The van der Waals surface area contributed by atoms with Gasteiger partial charge in [-0.2, -0.15) is 0 Å². The molecule has 6 nitrogen and oxygen atoms in total. The second-order valence-electron chi connectivity index (χ2n) is 9.86. The molecule has 0 aromatic carbocycles. The number of carbonyl (C=O) groups is 2. The van der Waals surface area contributed by atoms with Crippen LogP contribution in [0.25, 0.3) is 6.08 Å². The monoisotopic (exact) mass is 477 g/mol. The lowest BCUT2D eigenvalue weighted by Crippen LogP contribution is -2.45. The highest BCUT2D eigenvalue weighted by Gasteiger charge is 2.42. The normalized spacial score (nSPS) is 31.8. The summed E-state index contributed by atoms with van der Waals surface area (Å²) in [4.78, 5) is 30.3. The van der Waals surface area contributed by atoms with Crippen molar-refractivity contribution in [2.45, 2.75) is 92.0 Å². The number of allylic oxidation sites excluding steroid dienone is 1. The topological polar surface area (TPSA) is 96.7 Å². The van der Waals surface area contributed by atoms with Crippen molar-refractivity contribution in [1.29, 1.82) is 0 Å². The molecule has 0 unspecified atom stereocenters. The Hall–Kier alpha value is -1.83. The van der Waals surface area contributed by atoms with E-state index in [1.807, 2.05) is 38.3 Å². The van der Waals surface area contributed by atoms with E-state index in [2.05, 4.69) is 11.1 Å². The third-order valence-corrected chi connectivity index (χ3v) is 7.47. The van der Waals surface area contributed by atoms with E-state index in [1.165, 1.54) is 0 Å². The molecule has 1 aromatic rings. The molecule has 0 amide bonds. The van der Waals surface area contributed by atoms with Gasteiger partial charge in [0.2, 0.25) is 0 Å². The van der Waals surface area contributed by atoms with E-state index < -0.39 is 35.6 Å². The third-order valence-electron chi connectivity index (χ3n) is 6.68. The Balaban J connectivity index is 2.27. The number of ether oxygens (including phenoxy) is 1. The maximum Gasteiger partial charge on any atom is 0.309 e. The van der Waals surface area contributed by atoms with Crippen LogP contribution in [-0.4, -0.2) is 45.3 Å². The zero-order chi connectivity index (χ0) is 24.8. The Morgan fingerprint density at radius 1 is 1.24 bits per heavy atom. The minimum Gasteiger partial charge on any atom is -0.457 e. The predicted octanol–water partition coefficient (Wildman–Crippen LogP) is 4.88. The molecule has 2 N–H and O–H groups in total. The van der Waals surface area contributed by atoms with Crippen LogP contribution in [-0.2, 0) is 14.3 Å². The number of hydrogen-bond acceptors (Lipinski definition) is 7. The molecule has 0 aliphatic carbocycles. The number of aliphatic hydroxyl groups excluding tert-OH is 2. The van der Waals surface area contributed by atoms with Gasteiger partial charge < -0.3 is 14.9 Å². The fourth-order valence-corrected chi connectivity index (χ4v) is 4.75. The van der Waals surface area contributed by atoms with Gasteiger partial charge in [-0.3, -0.25) is 9.59 Å². The van der Waals surface area contributed by atoms with Gasteiger partial charge in [-0.15, -0.1) is 11.3 Å². The van der Waals surface area contributed by atoms with E-state index in [0.29, 0.717) is 6.42 Å². The molecule has 7 heteroatoms. The number of hydrogen-bond donors (Lipinski definition) is 2. The molecular formula is C26H39NO5S. The lowest BCUT2D eigenvalue weighted by Gasteiger charge is -2.34. The summed E-state index contributed by atoms with van der Waals surface area (Å²) >= 11 is 1.56. The van der Waals surface area contributed by atoms with Crippen LogP contribution in [0.3, 0.4) is 0 Å². The molecule has 2 rings (SSSR count). The van der Waals surface area contributed by atoms with Gasteiger partial charge in [-0.1, -0.05) is 39.8 Å². The number of carbonyl (C=O) groups excluding carboxylic acids is 2. The van der Waals surface area contributed by atoms with E-state index in [9.17, 15) is 19.8 Å². The molecule has 0 saturated heterocycles. The van der Waals surface area contributed by atoms with E-state index in [0.717, 1.165) is 35.5 Å². The molecule has 1 aromatic heterocycles.